The molecule has 0 fully saturated rings. The second kappa shape index (κ2) is 11.5. The molecule has 0 unspecified atom stereocenters. The molecule has 0 amide bonds. The molecule has 140 valence electrons. The Bertz CT molecular complexity index is 693. The molecule has 0 saturated carbocycles. The van der Waals surface area contributed by atoms with Crippen molar-refractivity contribution in [1.29, 1.82) is 0 Å². The fraction of sp³-hybridized carbons (Fsp3) is 0.333. The number of hydrogen-bond donors (Lipinski definition) is 1. The van der Waals surface area contributed by atoms with Crippen LogP contribution in [0.5, 0.6) is 0 Å². The van der Waals surface area contributed by atoms with Gasteiger partial charge in [-0.1, -0.05) is 24.3 Å². The van der Waals surface area contributed by atoms with Crippen LogP contribution < -0.4 is 26.4 Å². The smallest absolute Gasteiger partial charge is 0.303 e. The number of carbonyl (C=O) groups is 1. The predicted octanol–water partition coefficient (Wildman–Crippen LogP) is 0.860. The number of anilines is 1. The van der Waals surface area contributed by atoms with E-state index >= 15 is 0 Å². The first-order valence-electron chi connectivity index (χ1n) is 8.86. The van der Waals surface area contributed by atoms with Gasteiger partial charge >= 0.3 is 5.97 Å². The van der Waals surface area contributed by atoms with E-state index in [9.17, 15) is 4.79 Å². The standard InChI is InChI=1S/C21H26N2O2.BrH/c1-3-23(4-2)20-11-9-18(10-12-20)7-8-19-13-16-22(17-14-19)15-5-6-21(24)25;/h7-14,16-17H,3-6,15H2,1-2H3;1H. The fourth-order valence-electron chi connectivity index (χ4n) is 2.72. The van der Waals surface area contributed by atoms with E-state index in [0.717, 1.165) is 25.2 Å². The van der Waals surface area contributed by atoms with Crippen LogP contribution in [0, 0.1) is 0 Å². The van der Waals surface area contributed by atoms with E-state index in [1.165, 1.54) is 11.3 Å². The number of aromatic nitrogens is 1. The van der Waals surface area contributed by atoms with Crippen molar-refractivity contribution in [2.24, 2.45) is 0 Å². The lowest BCUT2D eigenvalue weighted by Crippen LogP contribution is -3.00. The van der Waals surface area contributed by atoms with Crippen molar-refractivity contribution in [2.45, 2.75) is 33.2 Å². The highest BCUT2D eigenvalue weighted by atomic mass is 79.9. The van der Waals surface area contributed by atoms with Gasteiger partial charge in [-0.2, -0.15) is 0 Å². The number of benzene rings is 1. The second-order valence-corrected chi connectivity index (χ2v) is 5.96. The lowest BCUT2D eigenvalue weighted by molar-refractivity contribution is -0.697. The number of rotatable bonds is 9. The molecule has 1 aromatic heterocycles. The Hall–Kier alpha value is -2.14. The maximum Gasteiger partial charge on any atom is 0.303 e. The Kier molecular flexibility index (Phi) is 9.66. The van der Waals surface area contributed by atoms with Crippen LogP contribution in [0.15, 0.2) is 48.8 Å². The molecule has 0 aliphatic carbocycles. The third-order valence-corrected chi connectivity index (χ3v) is 4.21. The van der Waals surface area contributed by atoms with Crippen LogP contribution in [-0.2, 0) is 11.3 Å². The maximum absolute atomic E-state index is 10.5. The minimum atomic E-state index is -0.743. The zero-order chi connectivity index (χ0) is 18.1. The van der Waals surface area contributed by atoms with Gasteiger partial charge in [0.2, 0.25) is 0 Å². The molecule has 0 aliphatic rings. The van der Waals surface area contributed by atoms with Crippen LogP contribution in [0.3, 0.4) is 0 Å². The third-order valence-electron chi connectivity index (χ3n) is 4.21. The van der Waals surface area contributed by atoms with E-state index in [2.05, 4.69) is 55.2 Å². The molecule has 1 N–H and O–H groups in total. The highest BCUT2D eigenvalue weighted by molar-refractivity contribution is 5.70. The number of halogens is 1. The lowest BCUT2D eigenvalue weighted by atomic mass is 10.1. The van der Waals surface area contributed by atoms with Crippen LogP contribution >= 0.6 is 0 Å². The molecule has 26 heavy (non-hydrogen) atoms. The zero-order valence-electron chi connectivity index (χ0n) is 15.4. The lowest BCUT2D eigenvalue weighted by Gasteiger charge is -2.20. The van der Waals surface area contributed by atoms with Crippen molar-refractivity contribution in [3.8, 4) is 0 Å². The van der Waals surface area contributed by atoms with E-state index in [-0.39, 0.29) is 23.4 Å². The first-order chi connectivity index (χ1) is 12.1. The second-order valence-electron chi connectivity index (χ2n) is 5.96. The summed E-state index contributed by atoms with van der Waals surface area (Å²) in [6, 6.07) is 12.7. The molecular formula is C21H27BrN2O2. The predicted molar refractivity (Wildman–Crippen MR) is 102 cm³/mol. The summed E-state index contributed by atoms with van der Waals surface area (Å²) in [7, 11) is 0. The van der Waals surface area contributed by atoms with Crippen LogP contribution in [0.25, 0.3) is 12.2 Å². The van der Waals surface area contributed by atoms with Gasteiger partial charge < -0.3 is 27.0 Å². The molecule has 0 aliphatic heterocycles. The molecule has 2 rings (SSSR count). The highest BCUT2D eigenvalue weighted by Crippen LogP contribution is 2.16. The van der Waals surface area contributed by atoms with Gasteiger partial charge in [0.05, 0.1) is 6.42 Å². The van der Waals surface area contributed by atoms with E-state index < -0.39 is 5.97 Å². The average Bonchev–Trinajstić information content (AvgIpc) is 2.63. The van der Waals surface area contributed by atoms with Gasteiger partial charge in [0, 0.05) is 37.3 Å². The molecule has 0 bridgehead atoms. The normalized spacial score (nSPS) is 10.5. The van der Waals surface area contributed by atoms with Crippen molar-refractivity contribution in [2.75, 3.05) is 18.0 Å². The van der Waals surface area contributed by atoms with Crippen LogP contribution in [-0.4, -0.2) is 24.2 Å². The number of pyridine rings is 1. The van der Waals surface area contributed by atoms with Gasteiger partial charge in [0.25, 0.3) is 0 Å². The van der Waals surface area contributed by atoms with Gasteiger partial charge in [-0.05, 0) is 37.1 Å². The number of carboxylic acid groups (broad SMARTS) is 1. The molecule has 0 spiro atoms. The van der Waals surface area contributed by atoms with Crippen molar-refractivity contribution < 1.29 is 31.4 Å². The van der Waals surface area contributed by atoms with Crippen molar-refractivity contribution in [3.05, 3.63) is 59.9 Å². The molecule has 4 nitrogen and oxygen atoms in total. The van der Waals surface area contributed by atoms with Gasteiger partial charge in [-0.25, -0.2) is 4.57 Å². The number of hydrogen-bond acceptors (Lipinski definition) is 2. The molecule has 0 saturated heterocycles. The molecule has 0 radical (unpaired) electrons. The summed E-state index contributed by atoms with van der Waals surface area (Å²) in [5.41, 5.74) is 3.56. The van der Waals surface area contributed by atoms with E-state index in [1.54, 1.807) is 0 Å². The largest absolute Gasteiger partial charge is 1.00 e. The quantitative estimate of drug-likeness (QED) is 0.614. The Morgan fingerprint density at radius 1 is 1.00 bits per heavy atom. The Morgan fingerprint density at radius 2 is 1.54 bits per heavy atom. The summed E-state index contributed by atoms with van der Waals surface area (Å²) in [6.45, 7) is 7.09. The summed E-state index contributed by atoms with van der Waals surface area (Å²) >= 11 is 0. The van der Waals surface area contributed by atoms with Crippen LogP contribution in [0.4, 0.5) is 5.69 Å². The highest BCUT2D eigenvalue weighted by Gasteiger charge is 2.03. The summed E-state index contributed by atoms with van der Waals surface area (Å²) in [5.74, 6) is -0.743. The number of carboxylic acids is 1. The molecule has 1 aromatic carbocycles. The Labute approximate surface area is 166 Å². The SMILES string of the molecule is CCN(CC)c1ccc(C=Cc2cc[n+](CCCC(=O)O)cc2)cc1.[Br-]. The van der Waals surface area contributed by atoms with Crippen molar-refractivity contribution in [1.82, 2.24) is 0 Å². The minimum absolute atomic E-state index is 0. The monoisotopic (exact) mass is 418 g/mol. The molecule has 1 heterocycles. The number of nitrogens with zero attached hydrogens (tertiary/aromatic N) is 2. The van der Waals surface area contributed by atoms with E-state index in [4.69, 9.17) is 5.11 Å². The van der Waals surface area contributed by atoms with Crippen molar-refractivity contribution in [3.63, 3.8) is 0 Å². The van der Waals surface area contributed by atoms with Crippen LogP contribution in [0.2, 0.25) is 0 Å². The average molecular weight is 419 g/mol. The van der Waals surface area contributed by atoms with E-state index in [0.29, 0.717) is 6.42 Å². The summed E-state index contributed by atoms with van der Waals surface area (Å²) < 4.78 is 2.01. The molecule has 5 heteroatoms. The zero-order valence-corrected chi connectivity index (χ0v) is 17.0. The van der Waals surface area contributed by atoms with Gasteiger partial charge in [-0.15, -0.1) is 0 Å². The summed E-state index contributed by atoms with van der Waals surface area (Å²) in [4.78, 5) is 12.9. The topological polar surface area (TPSA) is 44.4 Å². The van der Waals surface area contributed by atoms with Crippen molar-refractivity contribution >= 4 is 23.8 Å². The van der Waals surface area contributed by atoms with Gasteiger partial charge in [0.1, 0.15) is 6.54 Å². The van der Waals surface area contributed by atoms with E-state index in [1.807, 2.05) is 29.1 Å². The molecule has 2 aromatic rings. The number of aliphatic carboxylic acids is 1. The first-order valence-corrected chi connectivity index (χ1v) is 8.86. The maximum atomic E-state index is 10.5. The first kappa shape index (κ1) is 21.9. The summed E-state index contributed by atoms with van der Waals surface area (Å²) in [5, 5.41) is 8.67. The van der Waals surface area contributed by atoms with Gasteiger partial charge in [-0.3, -0.25) is 4.79 Å². The minimum Gasteiger partial charge on any atom is -1.00 e. The Morgan fingerprint density at radius 3 is 2.04 bits per heavy atom. The van der Waals surface area contributed by atoms with Crippen LogP contribution in [0.1, 0.15) is 37.8 Å². The fourth-order valence-corrected chi connectivity index (χ4v) is 2.72. The van der Waals surface area contributed by atoms with Gasteiger partial charge in [0.15, 0.2) is 12.4 Å². The number of aryl methyl sites for hydroxylation is 1. The Balaban J connectivity index is 0.00000338. The summed E-state index contributed by atoms with van der Waals surface area (Å²) in [6.07, 6.45) is 9.03. The molecular weight excluding hydrogens is 392 g/mol. The third kappa shape index (κ3) is 7.00. The molecule has 0 atom stereocenters.